The number of urea groups is 1. The van der Waals surface area contributed by atoms with E-state index in [0.29, 0.717) is 31.2 Å². The van der Waals surface area contributed by atoms with Gasteiger partial charge in [0.05, 0.1) is 11.4 Å². The van der Waals surface area contributed by atoms with Gasteiger partial charge in [0.15, 0.2) is 17.1 Å². The monoisotopic (exact) mass is 536 g/mol. The number of piperazine rings is 1. The molecule has 4 heterocycles. The van der Waals surface area contributed by atoms with Crippen LogP contribution in [0.3, 0.4) is 0 Å². The number of halogens is 1. The van der Waals surface area contributed by atoms with Crippen molar-refractivity contribution in [3.63, 3.8) is 0 Å². The van der Waals surface area contributed by atoms with Crippen LogP contribution in [0.5, 0.6) is 5.75 Å². The Hall–Kier alpha value is -3.99. The number of pyridine rings is 1. The number of fused-ring (bicyclic) bond motifs is 1. The Balaban J connectivity index is 1.54. The number of ketones is 1. The summed E-state index contributed by atoms with van der Waals surface area (Å²) < 4.78 is 14.5. The second-order valence-corrected chi connectivity index (χ2v) is 10.4. The number of nitrogens with zero attached hydrogens (tertiary/aromatic N) is 6. The Labute approximate surface area is 225 Å². The molecule has 2 aromatic heterocycles. The van der Waals surface area contributed by atoms with Crippen LogP contribution in [0.15, 0.2) is 41.3 Å². The SMILES string of the molecule is CC(C)N1CCN(c2cc(N3CCN(C)C3=O)c3nc(C(=O)CCc4ccc(F)cc4)c(O)c(=O)n3c2)CC1. The number of aryl methyl sites for hydroxylation is 1. The van der Waals surface area contributed by atoms with Crippen molar-refractivity contribution >= 4 is 28.8 Å². The summed E-state index contributed by atoms with van der Waals surface area (Å²) in [6, 6.07) is 7.84. The first-order valence-electron chi connectivity index (χ1n) is 13.2. The quantitative estimate of drug-likeness (QED) is 0.464. The van der Waals surface area contributed by atoms with E-state index in [9.17, 15) is 23.9 Å². The van der Waals surface area contributed by atoms with Crippen molar-refractivity contribution in [3.05, 3.63) is 64.0 Å². The number of Topliss-reactive ketones (excluding diaryl/α,β-unsaturated/α-hetero) is 1. The first kappa shape index (κ1) is 26.6. The Morgan fingerprint density at radius 1 is 1.05 bits per heavy atom. The topological polar surface area (TPSA) is 102 Å². The third-order valence-corrected chi connectivity index (χ3v) is 7.60. The molecular weight excluding hydrogens is 503 g/mol. The van der Waals surface area contributed by atoms with Crippen LogP contribution in [-0.4, -0.2) is 88.5 Å². The molecule has 11 heteroatoms. The maximum absolute atomic E-state index is 13.4. The van der Waals surface area contributed by atoms with Gasteiger partial charge in [0.1, 0.15) is 5.82 Å². The fourth-order valence-electron chi connectivity index (χ4n) is 5.16. The average molecular weight is 537 g/mol. The van der Waals surface area contributed by atoms with Gasteiger partial charge < -0.3 is 14.9 Å². The van der Waals surface area contributed by atoms with Gasteiger partial charge in [-0.1, -0.05) is 12.1 Å². The molecule has 0 bridgehead atoms. The van der Waals surface area contributed by atoms with Gasteiger partial charge in [-0.15, -0.1) is 0 Å². The summed E-state index contributed by atoms with van der Waals surface area (Å²) in [6.45, 7) is 8.43. The van der Waals surface area contributed by atoms with E-state index in [2.05, 4.69) is 28.6 Å². The van der Waals surface area contributed by atoms with Crippen LogP contribution in [0.2, 0.25) is 0 Å². The highest BCUT2D eigenvalue weighted by molar-refractivity contribution is 6.00. The lowest BCUT2D eigenvalue weighted by molar-refractivity contribution is 0.0975. The Bertz CT molecular complexity index is 1460. The molecule has 0 saturated carbocycles. The van der Waals surface area contributed by atoms with E-state index in [-0.39, 0.29) is 29.6 Å². The molecule has 0 atom stereocenters. The number of hydrogen-bond donors (Lipinski definition) is 1. The Morgan fingerprint density at radius 3 is 2.36 bits per heavy atom. The number of benzene rings is 1. The Kier molecular flexibility index (Phi) is 7.26. The summed E-state index contributed by atoms with van der Waals surface area (Å²) in [7, 11) is 1.70. The molecule has 206 valence electrons. The largest absolute Gasteiger partial charge is 0.501 e. The van der Waals surface area contributed by atoms with Gasteiger partial charge in [-0.25, -0.2) is 14.2 Å². The average Bonchev–Trinajstić information content (AvgIpc) is 3.27. The number of carbonyl (C=O) groups excluding carboxylic acids is 2. The van der Waals surface area contributed by atoms with Gasteiger partial charge >= 0.3 is 11.6 Å². The third-order valence-electron chi connectivity index (χ3n) is 7.60. The minimum absolute atomic E-state index is 0.0270. The van der Waals surface area contributed by atoms with E-state index < -0.39 is 17.1 Å². The third kappa shape index (κ3) is 5.18. The lowest BCUT2D eigenvalue weighted by Gasteiger charge is -2.38. The first-order chi connectivity index (χ1) is 18.6. The summed E-state index contributed by atoms with van der Waals surface area (Å²) in [5.41, 5.74) is 0.932. The van der Waals surface area contributed by atoms with Gasteiger partial charge in [-0.05, 0) is 44.0 Å². The molecule has 2 saturated heterocycles. The number of aromatic hydroxyl groups is 1. The molecule has 0 aliphatic carbocycles. The molecular formula is C28H33FN6O4. The summed E-state index contributed by atoms with van der Waals surface area (Å²) in [5.74, 6) is -1.61. The molecule has 3 aromatic rings. The van der Waals surface area contributed by atoms with E-state index in [1.807, 2.05) is 6.07 Å². The predicted molar refractivity (Wildman–Crippen MR) is 146 cm³/mol. The summed E-state index contributed by atoms with van der Waals surface area (Å²) in [6.07, 6.45) is 1.89. The van der Waals surface area contributed by atoms with Crippen LogP contribution in [0.1, 0.15) is 36.3 Å². The van der Waals surface area contributed by atoms with Crippen molar-refractivity contribution in [3.8, 4) is 5.75 Å². The van der Waals surface area contributed by atoms with Crippen LogP contribution < -0.4 is 15.4 Å². The molecule has 2 fully saturated rings. The smallest absolute Gasteiger partial charge is 0.324 e. The van der Waals surface area contributed by atoms with Crippen molar-refractivity contribution in [2.45, 2.75) is 32.7 Å². The molecule has 2 aliphatic heterocycles. The molecule has 39 heavy (non-hydrogen) atoms. The van der Waals surface area contributed by atoms with Crippen molar-refractivity contribution in [1.82, 2.24) is 19.2 Å². The van der Waals surface area contributed by atoms with Crippen LogP contribution in [-0.2, 0) is 6.42 Å². The summed E-state index contributed by atoms with van der Waals surface area (Å²) in [5, 5.41) is 10.8. The van der Waals surface area contributed by atoms with Crippen molar-refractivity contribution in [1.29, 1.82) is 0 Å². The standard InChI is InChI=1S/C28H33FN6O4/c1-18(2)32-11-13-33(14-12-32)21-16-22(34-15-10-31(3)28(34)39)26-30-24(25(37)27(38)35(26)17-21)23(36)9-6-19-4-7-20(29)8-5-19/h4-5,7-8,16-18,37H,6,9-15H2,1-3H3. The lowest BCUT2D eigenvalue weighted by Crippen LogP contribution is -2.49. The highest BCUT2D eigenvalue weighted by Gasteiger charge is 2.31. The van der Waals surface area contributed by atoms with Gasteiger partial charge in [0.25, 0.3) is 0 Å². The fourth-order valence-corrected chi connectivity index (χ4v) is 5.16. The van der Waals surface area contributed by atoms with Crippen molar-refractivity contribution in [2.75, 3.05) is 56.1 Å². The maximum Gasteiger partial charge on any atom is 0.324 e. The van der Waals surface area contributed by atoms with Crippen LogP contribution in [0, 0.1) is 5.82 Å². The minimum Gasteiger partial charge on any atom is -0.501 e. The molecule has 0 radical (unpaired) electrons. The van der Waals surface area contributed by atoms with E-state index in [1.54, 1.807) is 35.2 Å². The lowest BCUT2D eigenvalue weighted by atomic mass is 10.1. The van der Waals surface area contributed by atoms with Gasteiger partial charge in [-0.3, -0.25) is 23.8 Å². The summed E-state index contributed by atoms with van der Waals surface area (Å²) in [4.78, 5) is 51.6. The van der Waals surface area contributed by atoms with Gasteiger partial charge in [-0.2, -0.15) is 0 Å². The number of likely N-dealkylation sites (N-methyl/N-ethyl adjacent to an activating group) is 1. The Morgan fingerprint density at radius 2 is 1.74 bits per heavy atom. The summed E-state index contributed by atoms with van der Waals surface area (Å²) >= 11 is 0. The first-order valence-corrected chi connectivity index (χ1v) is 13.2. The van der Waals surface area contributed by atoms with Gasteiger partial charge in [0, 0.05) is 65.0 Å². The molecule has 1 aromatic carbocycles. The normalized spacial score (nSPS) is 16.6. The number of hydrogen-bond acceptors (Lipinski definition) is 7. The predicted octanol–water partition coefficient (Wildman–Crippen LogP) is 2.76. The van der Waals surface area contributed by atoms with Crippen molar-refractivity contribution < 1.29 is 19.1 Å². The highest BCUT2D eigenvalue weighted by atomic mass is 19.1. The number of anilines is 2. The van der Waals surface area contributed by atoms with Crippen LogP contribution >= 0.6 is 0 Å². The number of rotatable bonds is 7. The number of amides is 2. The van der Waals surface area contributed by atoms with E-state index >= 15 is 0 Å². The second kappa shape index (κ2) is 10.6. The minimum atomic E-state index is -0.769. The molecule has 1 N–H and O–H groups in total. The van der Waals surface area contributed by atoms with Crippen molar-refractivity contribution in [2.24, 2.45) is 0 Å². The van der Waals surface area contributed by atoms with Gasteiger partial charge in [0.2, 0.25) is 5.75 Å². The highest BCUT2D eigenvalue weighted by Crippen LogP contribution is 2.31. The number of aromatic nitrogens is 2. The molecule has 2 amide bonds. The fraction of sp³-hybridized carbons (Fsp3) is 0.429. The maximum atomic E-state index is 13.4. The zero-order valence-corrected chi connectivity index (χ0v) is 22.4. The van der Waals surface area contributed by atoms with E-state index in [0.717, 1.165) is 37.4 Å². The van der Waals surface area contributed by atoms with E-state index in [4.69, 9.17) is 0 Å². The zero-order valence-electron chi connectivity index (χ0n) is 22.4. The van der Waals surface area contributed by atoms with Crippen LogP contribution in [0.25, 0.3) is 5.65 Å². The molecule has 10 nitrogen and oxygen atoms in total. The second-order valence-electron chi connectivity index (χ2n) is 10.4. The molecule has 0 spiro atoms. The molecule has 2 aliphatic rings. The zero-order chi connectivity index (χ0) is 27.8. The van der Waals surface area contributed by atoms with E-state index in [1.165, 1.54) is 16.5 Å². The molecule has 5 rings (SSSR count). The van der Waals surface area contributed by atoms with Crippen LogP contribution in [0.4, 0.5) is 20.6 Å². The number of carbonyl (C=O) groups is 2. The molecule has 0 unspecified atom stereocenters.